The van der Waals surface area contributed by atoms with E-state index in [1.54, 1.807) is 0 Å². The van der Waals surface area contributed by atoms with Crippen LogP contribution in [0.5, 0.6) is 0 Å². The lowest BCUT2D eigenvalue weighted by Gasteiger charge is -2.32. The smallest absolute Gasteiger partial charge is 0.228 e. The fourth-order valence-corrected chi connectivity index (χ4v) is 3.90. The number of ether oxygens (including phenoxy) is 1. The minimum Gasteiger partial charge on any atom is -0.380 e. The Bertz CT molecular complexity index is 1030. The molecule has 0 amide bonds. The van der Waals surface area contributed by atoms with Crippen LogP contribution in [0.25, 0.3) is 11.0 Å². The van der Waals surface area contributed by atoms with Gasteiger partial charge in [0.1, 0.15) is 16.9 Å². The molecule has 31 heavy (non-hydrogen) atoms. The molecule has 1 aliphatic heterocycles. The lowest BCUT2D eigenvalue weighted by molar-refractivity contribution is 0.137. The Hall–Kier alpha value is -2.78. The van der Waals surface area contributed by atoms with Crippen LogP contribution in [0.1, 0.15) is 32.2 Å². The van der Waals surface area contributed by atoms with Gasteiger partial charge in [-0.05, 0) is 39.3 Å². The van der Waals surface area contributed by atoms with Crippen LogP contribution >= 0.6 is 0 Å². The summed E-state index contributed by atoms with van der Waals surface area (Å²) in [6, 6.07) is 6.32. The molecule has 0 unspecified atom stereocenters. The molecule has 1 fully saturated rings. The predicted molar refractivity (Wildman–Crippen MR) is 123 cm³/mol. The average Bonchev–Trinajstić information content (AvgIpc) is 3.12. The van der Waals surface area contributed by atoms with Gasteiger partial charge in [-0.2, -0.15) is 10.1 Å². The van der Waals surface area contributed by atoms with Gasteiger partial charge in [0.2, 0.25) is 5.95 Å². The molecule has 2 N–H and O–H groups in total. The molecule has 0 radical (unpaired) electrons. The van der Waals surface area contributed by atoms with Crippen LogP contribution in [0.15, 0.2) is 18.2 Å². The normalized spacial score (nSPS) is 16.8. The summed E-state index contributed by atoms with van der Waals surface area (Å²) in [5.41, 5.74) is 3.71. The molecule has 9 nitrogen and oxygen atoms in total. The Kier molecular flexibility index (Phi) is 6.62. The standard InChI is InChI=1S/C22H32N8O/c1-5-17-19-20(30(28-17)12-13-31-6-2)21(25-18-9-7-8-15(3)24-18)27-22(26-19)29-11-10-23-16(4)14-29/h7-9,16,23H,5-6,10-14H2,1-4H3,(H,24,25,26,27)/t16-/m0/s1. The zero-order valence-electron chi connectivity index (χ0n) is 18.9. The van der Waals surface area contributed by atoms with Crippen molar-refractivity contribution in [3.8, 4) is 0 Å². The van der Waals surface area contributed by atoms with Crippen molar-refractivity contribution in [3.63, 3.8) is 0 Å². The summed E-state index contributed by atoms with van der Waals surface area (Å²) >= 11 is 0. The molecule has 0 bridgehead atoms. The van der Waals surface area contributed by atoms with Gasteiger partial charge < -0.3 is 20.3 Å². The molecule has 4 rings (SSSR count). The van der Waals surface area contributed by atoms with E-state index in [0.717, 1.165) is 66.1 Å². The predicted octanol–water partition coefficient (Wildman–Crippen LogP) is 2.67. The second-order valence-corrected chi connectivity index (χ2v) is 7.88. The van der Waals surface area contributed by atoms with Gasteiger partial charge in [0.05, 0.1) is 18.8 Å². The monoisotopic (exact) mass is 424 g/mol. The molecule has 0 saturated carbocycles. The van der Waals surface area contributed by atoms with Crippen LogP contribution in [0.2, 0.25) is 0 Å². The van der Waals surface area contributed by atoms with E-state index < -0.39 is 0 Å². The van der Waals surface area contributed by atoms with E-state index >= 15 is 0 Å². The van der Waals surface area contributed by atoms with E-state index in [1.165, 1.54) is 0 Å². The molecular weight excluding hydrogens is 392 g/mol. The number of aromatic nitrogens is 5. The number of pyridine rings is 1. The van der Waals surface area contributed by atoms with E-state index in [1.807, 2.05) is 36.7 Å². The largest absolute Gasteiger partial charge is 0.380 e. The summed E-state index contributed by atoms with van der Waals surface area (Å²) in [6.45, 7) is 12.9. The Morgan fingerprint density at radius 3 is 2.84 bits per heavy atom. The first-order chi connectivity index (χ1) is 15.1. The molecule has 3 aromatic heterocycles. The lowest BCUT2D eigenvalue weighted by atomic mass is 10.2. The topological polar surface area (TPSA) is 93.0 Å². The molecular formula is C22H32N8O. The highest BCUT2D eigenvalue weighted by Gasteiger charge is 2.23. The Morgan fingerprint density at radius 1 is 1.23 bits per heavy atom. The number of piperazine rings is 1. The van der Waals surface area contributed by atoms with Gasteiger partial charge in [0, 0.05) is 38.0 Å². The SMILES string of the molecule is CCOCCn1nc(CC)c2nc(N3CCN[C@@H](C)C3)nc(Nc3cccc(C)n3)c21. The number of nitrogens with one attached hydrogen (secondary N) is 2. The molecule has 1 aliphatic rings. The summed E-state index contributed by atoms with van der Waals surface area (Å²) in [7, 11) is 0. The third-order valence-electron chi connectivity index (χ3n) is 5.42. The van der Waals surface area contributed by atoms with Gasteiger partial charge >= 0.3 is 0 Å². The van der Waals surface area contributed by atoms with Crippen molar-refractivity contribution >= 4 is 28.6 Å². The van der Waals surface area contributed by atoms with Crippen LogP contribution in [0.4, 0.5) is 17.6 Å². The minimum absolute atomic E-state index is 0.391. The summed E-state index contributed by atoms with van der Waals surface area (Å²) in [6.07, 6.45) is 0.800. The summed E-state index contributed by atoms with van der Waals surface area (Å²) in [4.78, 5) is 16.8. The molecule has 166 valence electrons. The zero-order valence-corrected chi connectivity index (χ0v) is 18.9. The fourth-order valence-electron chi connectivity index (χ4n) is 3.90. The number of anilines is 3. The first-order valence-corrected chi connectivity index (χ1v) is 11.1. The van der Waals surface area contributed by atoms with Gasteiger partial charge in [-0.3, -0.25) is 4.68 Å². The van der Waals surface area contributed by atoms with E-state index in [4.69, 9.17) is 19.8 Å². The zero-order chi connectivity index (χ0) is 21.8. The highest BCUT2D eigenvalue weighted by atomic mass is 16.5. The quantitative estimate of drug-likeness (QED) is 0.533. The second-order valence-electron chi connectivity index (χ2n) is 7.88. The number of nitrogens with zero attached hydrogens (tertiary/aromatic N) is 6. The van der Waals surface area contributed by atoms with Crippen molar-refractivity contribution in [1.82, 2.24) is 30.0 Å². The van der Waals surface area contributed by atoms with Crippen molar-refractivity contribution in [2.45, 2.75) is 46.7 Å². The van der Waals surface area contributed by atoms with Crippen molar-refractivity contribution in [1.29, 1.82) is 0 Å². The molecule has 0 spiro atoms. The first-order valence-electron chi connectivity index (χ1n) is 11.1. The number of hydrogen-bond acceptors (Lipinski definition) is 8. The van der Waals surface area contributed by atoms with E-state index in [0.29, 0.717) is 25.8 Å². The fraction of sp³-hybridized carbons (Fsp3) is 0.545. The van der Waals surface area contributed by atoms with Crippen LogP contribution in [-0.2, 0) is 17.7 Å². The van der Waals surface area contributed by atoms with E-state index in [9.17, 15) is 0 Å². The molecule has 1 saturated heterocycles. The third-order valence-corrected chi connectivity index (χ3v) is 5.42. The Morgan fingerprint density at radius 2 is 2.10 bits per heavy atom. The van der Waals surface area contributed by atoms with Crippen molar-refractivity contribution in [2.75, 3.05) is 43.1 Å². The summed E-state index contributed by atoms with van der Waals surface area (Å²) in [5, 5.41) is 11.8. The summed E-state index contributed by atoms with van der Waals surface area (Å²) in [5.74, 6) is 2.22. The maximum Gasteiger partial charge on any atom is 0.228 e. The molecule has 3 aromatic rings. The lowest BCUT2D eigenvalue weighted by Crippen LogP contribution is -2.49. The first kappa shape index (κ1) is 21.5. The van der Waals surface area contributed by atoms with Gasteiger partial charge in [-0.25, -0.2) is 9.97 Å². The maximum atomic E-state index is 5.58. The number of fused-ring (bicyclic) bond motifs is 1. The van der Waals surface area contributed by atoms with E-state index in [2.05, 4.69) is 34.4 Å². The highest BCUT2D eigenvalue weighted by molar-refractivity contribution is 5.90. The molecule has 0 aromatic carbocycles. The minimum atomic E-state index is 0.391. The van der Waals surface area contributed by atoms with Crippen LogP contribution in [-0.4, -0.2) is 63.6 Å². The van der Waals surface area contributed by atoms with Crippen molar-refractivity contribution in [2.24, 2.45) is 0 Å². The van der Waals surface area contributed by atoms with Crippen LogP contribution in [0.3, 0.4) is 0 Å². The van der Waals surface area contributed by atoms with Gasteiger partial charge in [0.25, 0.3) is 0 Å². The highest BCUT2D eigenvalue weighted by Crippen LogP contribution is 2.29. The van der Waals surface area contributed by atoms with Crippen molar-refractivity contribution < 1.29 is 4.74 Å². The maximum absolute atomic E-state index is 5.58. The molecule has 0 aliphatic carbocycles. The van der Waals surface area contributed by atoms with Gasteiger partial charge in [0.15, 0.2) is 5.82 Å². The average molecular weight is 425 g/mol. The Labute approximate surface area is 183 Å². The number of rotatable bonds is 8. The Balaban J connectivity index is 1.81. The number of aryl methyl sites for hydroxylation is 2. The second kappa shape index (κ2) is 9.57. The summed E-state index contributed by atoms with van der Waals surface area (Å²) < 4.78 is 7.55. The van der Waals surface area contributed by atoms with Gasteiger partial charge in [-0.1, -0.05) is 13.0 Å². The third kappa shape index (κ3) is 4.77. The van der Waals surface area contributed by atoms with Crippen LogP contribution in [0, 0.1) is 6.92 Å². The van der Waals surface area contributed by atoms with Crippen molar-refractivity contribution in [3.05, 3.63) is 29.6 Å². The molecule has 4 heterocycles. The van der Waals surface area contributed by atoms with Gasteiger partial charge in [-0.15, -0.1) is 0 Å². The molecule has 1 atom stereocenters. The van der Waals surface area contributed by atoms with Crippen LogP contribution < -0.4 is 15.5 Å². The van der Waals surface area contributed by atoms with E-state index in [-0.39, 0.29) is 0 Å². The molecule has 9 heteroatoms. The number of hydrogen-bond donors (Lipinski definition) is 2.